The number of hydrogen-bond donors (Lipinski definition) is 1. The number of anilines is 1. The molecule has 0 spiro atoms. The highest BCUT2D eigenvalue weighted by Gasteiger charge is 2.11. The molecule has 2 N–H and O–H groups in total. The molecule has 0 aliphatic rings. The van der Waals surface area contributed by atoms with Crippen LogP contribution in [0, 0.1) is 13.8 Å². The first-order chi connectivity index (χ1) is 9.65. The van der Waals surface area contributed by atoms with Crippen molar-refractivity contribution >= 4 is 5.69 Å². The van der Waals surface area contributed by atoms with Crippen LogP contribution in [0.4, 0.5) is 5.69 Å². The summed E-state index contributed by atoms with van der Waals surface area (Å²) in [6.07, 6.45) is 0. The van der Waals surface area contributed by atoms with Gasteiger partial charge in [0.1, 0.15) is 0 Å². The molecule has 0 aliphatic heterocycles. The second-order valence-corrected chi connectivity index (χ2v) is 4.81. The fourth-order valence-electron chi connectivity index (χ4n) is 2.08. The molecule has 20 heavy (non-hydrogen) atoms. The van der Waals surface area contributed by atoms with E-state index in [1.54, 1.807) is 4.68 Å². The van der Waals surface area contributed by atoms with Gasteiger partial charge in [-0.2, -0.15) is 4.68 Å². The molecule has 0 fully saturated rings. The maximum atomic E-state index is 5.82. The van der Waals surface area contributed by atoms with Crippen molar-refractivity contribution in [1.82, 2.24) is 20.2 Å². The Hall–Kier alpha value is -2.69. The highest BCUT2D eigenvalue weighted by molar-refractivity contribution is 5.62. The third-order valence-corrected chi connectivity index (χ3v) is 3.35. The van der Waals surface area contributed by atoms with E-state index in [2.05, 4.69) is 41.5 Å². The van der Waals surface area contributed by atoms with Gasteiger partial charge in [-0.25, -0.2) is 0 Å². The summed E-state index contributed by atoms with van der Waals surface area (Å²) < 4.78 is 1.72. The van der Waals surface area contributed by atoms with E-state index in [0.29, 0.717) is 11.5 Å². The van der Waals surface area contributed by atoms with Crippen LogP contribution in [-0.2, 0) is 0 Å². The minimum atomic E-state index is 0.681. The average molecular weight is 265 g/mol. The second-order valence-electron chi connectivity index (χ2n) is 4.81. The van der Waals surface area contributed by atoms with Gasteiger partial charge in [-0.05, 0) is 59.7 Å². The van der Waals surface area contributed by atoms with E-state index in [0.717, 1.165) is 11.3 Å². The molecule has 1 heterocycles. The highest BCUT2D eigenvalue weighted by atomic mass is 15.5. The Morgan fingerprint density at radius 3 is 2.60 bits per heavy atom. The summed E-state index contributed by atoms with van der Waals surface area (Å²) in [5.41, 5.74) is 10.8. The van der Waals surface area contributed by atoms with Gasteiger partial charge in [-0.15, -0.1) is 5.10 Å². The van der Waals surface area contributed by atoms with Gasteiger partial charge in [0.15, 0.2) is 5.82 Å². The van der Waals surface area contributed by atoms with E-state index in [1.807, 2.05) is 30.3 Å². The Kier molecular flexibility index (Phi) is 2.95. The molecule has 1 aromatic heterocycles. The summed E-state index contributed by atoms with van der Waals surface area (Å²) in [6, 6.07) is 13.7. The number of aryl methyl sites for hydroxylation is 2. The van der Waals surface area contributed by atoms with Gasteiger partial charge in [-0.1, -0.05) is 18.2 Å². The fourth-order valence-corrected chi connectivity index (χ4v) is 2.08. The van der Waals surface area contributed by atoms with Gasteiger partial charge < -0.3 is 5.73 Å². The van der Waals surface area contributed by atoms with E-state index in [-0.39, 0.29) is 0 Å². The molecule has 2 aromatic carbocycles. The zero-order valence-corrected chi connectivity index (χ0v) is 11.4. The van der Waals surface area contributed by atoms with Crippen molar-refractivity contribution in [2.75, 3.05) is 5.73 Å². The molecule has 5 heteroatoms. The zero-order valence-electron chi connectivity index (χ0n) is 11.4. The van der Waals surface area contributed by atoms with Crippen LogP contribution in [-0.4, -0.2) is 20.2 Å². The molecule has 3 aromatic rings. The quantitative estimate of drug-likeness (QED) is 0.723. The van der Waals surface area contributed by atoms with Crippen LogP contribution in [0.5, 0.6) is 0 Å². The maximum Gasteiger partial charge on any atom is 0.187 e. The van der Waals surface area contributed by atoms with E-state index < -0.39 is 0 Å². The second kappa shape index (κ2) is 4.77. The monoisotopic (exact) mass is 265 g/mol. The summed E-state index contributed by atoms with van der Waals surface area (Å²) >= 11 is 0. The minimum Gasteiger partial charge on any atom is -0.399 e. The third-order valence-electron chi connectivity index (χ3n) is 3.35. The Balaban J connectivity index is 2.12. The molecule has 0 amide bonds. The molecule has 5 nitrogen and oxygen atoms in total. The molecule has 3 rings (SSSR count). The molecule has 0 radical (unpaired) electrons. The first-order valence-corrected chi connectivity index (χ1v) is 6.37. The fraction of sp³-hybridized carbons (Fsp3) is 0.133. The predicted molar refractivity (Wildman–Crippen MR) is 78.5 cm³/mol. The number of rotatable bonds is 2. The maximum absolute atomic E-state index is 5.82. The predicted octanol–water partition coefficient (Wildman–Crippen LogP) is 2.53. The molecule has 0 saturated carbocycles. The van der Waals surface area contributed by atoms with Crippen molar-refractivity contribution in [2.24, 2.45) is 0 Å². The molecule has 0 atom stereocenters. The van der Waals surface area contributed by atoms with Crippen LogP contribution >= 0.6 is 0 Å². The van der Waals surface area contributed by atoms with Crippen LogP contribution < -0.4 is 5.73 Å². The lowest BCUT2D eigenvalue weighted by molar-refractivity contribution is 0.790. The minimum absolute atomic E-state index is 0.681. The number of nitrogens with zero attached hydrogens (tertiary/aromatic N) is 4. The van der Waals surface area contributed by atoms with Gasteiger partial charge in [0.05, 0.1) is 5.69 Å². The Morgan fingerprint density at radius 2 is 1.85 bits per heavy atom. The summed E-state index contributed by atoms with van der Waals surface area (Å²) in [5.74, 6) is 0.681. The zero-order chi connectivity index (χ0) is 14.1. The Morgan fingerprint density at radius 1 is 1.00 bits per heavy atom. The number of nitrogens with two attached hydrogens (primary N) is 1. The molecule has 100 valence electrons. The van der Waals surface area contributed by atoms with Crippen molar-refractivity contribution < 1.29 is 0 Å². The number of aromatic nitrogens is 4. The van der Waals surface area contributed by atoms with E-state index >= 15 is 0 Å². The summed E-state index contributed by atoms with van der Waals surface area (Å²) in [4.78, 5) is 0. The topological polar surface area (TPSA) is 69.6 Å². The molecule has 0 bridgehead atoms. The van der Waals surface area contributed by atoms with Crippen LogP contribution in [0.1, 0.15) is 11.1 Å². The SMILES string of the molecule is Cc1ccc(-n2nnnc2-c2cccc(N)c2)cc1C. The van der Waals surface area contributed by atoms with Gasteiger partial charge in [0.25, 0.3) is 0 Å². The molecular weight excluding hydrogens is 250 g/mol. The van der Waals surface area contributed by atoms with Gasteiger partial charge in [0, 0.05) is 11.3 Å². The van der Waals surface area contributed by atoms with E-state index in [1.165, 1.54) is 11.1 Å². The number of benzene rings is 2. The largest absolute Gasteiger partial charge is 0.399 e. The first-order valence-electron chi connectivity index (χ1n) is 6.37. The highest BCUT2D eigenvalue weighted by Crippen LogP contribution is 2.22. The van der Waals surface area contributed by atoms with Gasteiger partial charge in [-0.3, -0.25) is 0 Å². The Bertz CT molecular complexity index is 760. The summed E-state index contributed by atoms with van der Waals surface area (Å²) in [6.45, 7) is 4.15. The molecular formula is C15H15N5. The number of tetrazole rings is 1. The molecule has 0 saturated heterocycles. The smallest absolute Gasteiger partial charge is 0.187 e. The summed E-state index contributed by atoms with van der Waals surface area (Å²) in [5, 5.41) is 12.0. The summed E-state index contributed by atoms with van der Waals surface area (Å²) in [7, 11) is 0. The van der Waals surface area contributed by atoms with Gasteiger partial charge in [0.2, 0.25) is 0 Å². The van der Waals surface area contributed by atoms with Crippen molar-refractivity contribution in [3.8, 4) is 17.1 Å². The van der Waals surface area contributed by atoms with E-state index in [9.17, 15) is 0 Å². The van der Waals surface area contributed by atoms with Crippen molar-refractivity contribution in [3.63, 3.8) is 0 Å². The van der Waals surface area contributed by atoms with Crippen LogP contribution in [0.25, 0.3) is 17.1 Å². The molecule has 0 unspecified atom stereocenters. The van der Waals surface area contributed by atoms with Gasteiger partial charge >= 0.3 is 0 Å². The van der Waals surface area contributed by atoms with Crippen molar-refractivity contribution in [3.05, 3.63) is 53.6 Å². The molecule has 0 aliphatic carbocycles. The van der Waals surface area contributed by atoms with Crippen LogP contribution in [0.2, 0.25) is 0 Å². The lowest BCUT2D eigenvalue weighted by Crippen LogP contribution is -2.01. The first kappa shape index (κ1) is 12.3. The van der Waals surface area contributed by atoms with Crippen LogP contribution in [0.15, 0.2) is 42.5 Å². The number of nitrogen functional groups attached to an aromatic ring is 1. The van der Waals surface area contributed by atoms with Crippen molar-refractivity contribution in [1.29, 1.82) is 0 Å². The lowest BCUT2D eigenvalue weighted by Gasteiger charge is -2.07. The van der Waals surface area contributed by atoms with E-state index in [4.69, 9.17) is 5.73 Å². The third kappa shape index (κ3) is 2.14. The lowest BCUT2D eigenvalue weighted by atomic mass is 10.1. The normalized spacial score (nSPS) is 10.7. The van der Waals surface area contributed by atoms with Crippen molar-refractivity contribution in [2.45, 2.75) is 13.8 Å². The number of hydrogen-bond acceptors (Lipinski definition) is 4. The Labute approximate surface area is 117 Å². The standard InChI is InChI=1S/C15H15N5/c1-10-6-7-14(8-11(10)2)20-15(17-18-19-20)12-4-3-5-13(16)9-12/h3-9H,16H2,1-2H3. The average Bonchev–Trinajstić information content (AvgIpc) is 2.91. The van der Waals surface area contributed by atoms with Crippen LogP contribution in [0.3, 0.4) is 0 Å².